The molecule has 2 amide bonds. The lowest BCUT2D eigenvalue weighted by Crippen LogP contribution is -2.50. The van der Waals surface area contributed by atoms with E-state index in [-0.39, 0.29) is 55.0 Å². The van der Waals surface area contributed by atoms with Gasteiger partial charge in [-0.15, -0.1) is 37.2 Å². The number of hydrogen-bond donors (Lipinski definition) is 7. The molecule has 0 aromatic heterocycles. The molecule has 2 atom stereocenters. The molecule has 0 saturated heterocycles. The third-order valence-electron chi connectivity index (χ3n) is 4.90. The highest BCUT2D eigenvalue weighted by atomic mass is 35.5. The molecule has 2 aromatic carbocycles. The minimum absolute atomic E-state index is 0. The van der Waals surface area contributed by atoms with Gasteiger partial charge in [-0.25, -0.2) is 0 Å². The third-order valence-corrected chi connectivity index (χ3v) is 4.90. The Hall–Kier alpha value is -2.99. The van der Waals surface area contributed by atoms with Gasteiger partial charge in [-0.2, -0.15) is 0 Å². The molecule has 2 unspecified atom stereocenters. The quantitative estimate of drug-likeness (QED) is 0.112. The molecule has 202 valence electrons. The molecule has 0 fully saturated rings. The third kappa shape index (κ3) is 12.6. The van der Waals surface area contributed by atoms with Crippen LogP contribution in [-0.4, -0.2) is 48.9 Å². The Kier molecular flexibility index (Phi) is 17.9. The zero-order valence-corrected chi connectivity index (χ0v) is 22.2. The number of nitrogens with zero attached hydrogens (tertiary/aromatic N) is 2. The second kappa shape index (κ2) is 18.3. The summed E-state index contributed by atoms with van der Waals surface area (Å²) >= 11 is 0. The van der Waals surface area contributed by atoms with Gasteiger partial charge in [-0.3, -0.25) is 19.6 Å². The molecule has 11 nitrogen and oxygen atoms in total. The number of amides is 2. The van der Waals surface area contributed by atoms with Crippen LogP contribution in [0, 0.1) is 0 Å². The lowest BCUT2D eigenvalue weighted by atomic mass is 10.1. The van der Waals surface area contributed by atoms with E-state index in [1.165, 1.54) is 0 Å². The number of rotatable bonds is 12. The fourth-order valence-corrected chi connectivity index (χ4v) is 3.20. The Labute approximate surface area is 229 Å². The fraction of sp³-hybridized carbons (Fsp3) is 0.364. The highest BCUT2D eigenvalue weighted by Gasteiger charge is 2.23. The van der Waals surface area contributed by atoms with Gasteiger partial charge in [0.05, 0.1) is 6.04 Å². The number of nitrogens with one attached hydrogen (secondary N) is 2. The molecule has 0 aliphatic heterocycles. The molecule has 0 bridgehead atoms. The van der Waals surface area contributed by atoms with Crippen molar-refractivity contribution >= 4 is 77.4 Å². The van der Waals surface area contributed by atoms with E-state index in [4.69, 9.17) is 28.7 Å². The number of carbonyl (C=O) groups is 2. The first-order valence-electron chi connectivity index (χ1n) is 10.7. The molecule has 0 aliphatic rings. The molecule has 14 heteroatoms. The molecule has 0 heterocycles. The minimum atomic E-state index is -0.804. The van der Waals surface area contributed by atoms with E-state index in [9.17, 15) is 9.59 Å². The zero-order chi connectivity index (χ0) is 24.2. The van der Waals surface area contributed by atoms with Crippen molar-refractivity contribution in [3.63, 3.8) is 0 Å². The molecule has 0 radical (unpaired) electrons. The van der Waals surface area contributed by atoms with E-state index in [2.05, 4.69) is 20.6 Å². The first-order valence-corrected chi connectivity index (χ1v) is 10.7. The lowest BCUT2D eigenvalue weighted by molar-refractivity contribution is -0.127. The standard InChI is InChI=1S/C22H33N9O2.3ClH/c23-17(7-3-11-28-21(24)25)19(32)31-18(8-4-12-29-22(26)27)20(33)30-16-10-9-14-5-1-2-6-15(14)13-16;;;/h1-2,5-6,9-10,13,17-18H,3-4,7-8,11-12,23H2,(H,30,33)(H,31,32)(H4,24,25,28)(H4,26,27,29);3*1H. The van der Waals surface area contributed by atoms with Crippen molar-refractivity contribution in [1.29, 1.82) is 0 Å². The van der Waals surface area contributed by atoms with Gasteiger partial charge >= 0.3 is 0 Å². The SMILES string of the molecule is Cl.Cl.Cl.NC(N)=NCCCC(N)C(=O)NC(CCCN=C(N)N)C(=O)Nc1ccc2ccccc2c1. The van der Waals surface area contributed by atoms with E-state index >= 15 is 0 Å². The average molecular weight is 565 g/mol. The molecule has 0 saturated carbocycles. The predicted octanol–water partition coefficient (Wildman–Crippen LogP) is 0.963. The van der Waals surface area contributed by atoms with Gasteiger partial charge in [0.25, 0.3) is 0 Å². The van der Waals surface area contributed by atoms with Gasteiger partial charge in [-0.05, 0) is 48.6 Å². The summed E-state index contributed by atoms with van der Waals surface area (Å²) in [6.07, 6.45) is 1.73. The Bertz CT molecular complexity index is 1010. The monoisotopic (exact) mass is 563 g/mol. The smallest absolute Gasteiger partial charge is 0.246 e. The Morgan fingerprint density at radius 3 is 1.92 bits per heavy atom. The number of fused-ring (bicyclic) bond motifs is 1. The summed E-state index contributed by atoms with van der Waals surface area (Å²) in [7, 11) is 0. The number of carbonyl (C=O) groups excluding carboxylic acids is 2. The summed E-state index contributed by atoms with van der Waals surface area (Å²) in [4.78, 5) is 33.3. The summed E-state index contributed by atoms with van der Waals surface area (Å²) in [6.45, 7) is 0.705. The van der Waals surface area contributed by atoms with Crippen molar-refractivity contribution in [3.05, 3.63) is 42.5 Å². The van der Waals surface area contributed by atoms with E-state index in [1.54, 1.807) is 0 Å². The van der Waals surface area contributed by atoms with Crippen LogP contribution < -0.4 is 39.3 Å². The number of halogens is 3. The largest absolute Gasteiger partial charge is 0.370 e. The first kappa shape index (κ1) is 35.2. The van der Waals surface area contributed by atoms with Crippen LogP contribution in [0.5, 0.6) is 0 Å². The second-order valence-electron chi connectivity index (χ2n) is 7.62. The lowest BCUT2D eigenvalue weighted by Gasteiger charge is -2.20. The Balaban J connectivity index is 0. The summed E-state index contributed by atoms with van der Waals surface area (Å²) < 4.78 is 0. The van der Waals surface area contributed by atoms with Gasteiger partial charge in [0.1, 0.15) is 6.04 Å². The van der Waals surface area contributed by atoms with Gasteiger partial charge in [-0.1, -0.05) is 30.3 Å². The molecule has 0 spiro atoms. The number of aliphatic imine (C=N–C) groups is 2. The number of guanidine groups is 2. The van der Waals surface area contributed by atoms with Gasteiger partial charge in [0, 0.05) is 18.8 Å². The molecule has 2 rings (SSSR count). The van der Waals surface area contributed by atoms with Crippen LogP contribution in [0.4, 0.5) is 5.69 Å². The maximum absolute atomic E-state index is 13.0. The summed E-state index contributed by atoms with van der Waals surface area (Å²) in [5, 5.41) is 7.66. The van der Waals surface area contributed by atoms with Crippen molar-refractivity contribution in [2.45, 2.75) is 37.8 Å². The van der Waals surface area contributed by atoms with Crippen LogP contribution in [0.25, 0.3) is 10.8 Å². The van der Waals surface area contributed by atoms with Crippen molar-refractivity contribution in [1.82, 2.24) is 5.32 Å². The van der Waals surface area contributed by atoms with E-state index < -0.39 is 18.0 Å². The summed E-state index contributed by atoms with van der Waals surface area (Å²) in [6, 6.07) is 11.8. The molecule has 0 aliphatic carbocycles. The van der Waals surface area contributed by atoms with Gasteiger partial charge < -0.3 is 39.3 Å². The van der Waals surface area contributed by atoms with E-state index in [0.717, 1.165) is 10.8 Å². The van der Waals surface area contributed by atoms with Crippen molar-refractivity contribution in [2.75, 3.05) is 18.4 Å². The topological polar surface area (TPSA) is 213 Å². The van der Waals surface area contributed by atoms with Gasteiger partial charge in [0.15, 0.2) is 11.9 Å². The fourth-order valence-electron chi connectivity index (χ4n) is 3.20. The van der Waals surface area contributed by atoms with Crippen molar-refractivity contribution in [2.24, 2.45) is 38.7 Å². The maximum Gasteiger partial charge on any atom is 0.246 e. The van der Waals surface area contributed by atoms with Crippen LogP contribution >= 0.6 is 37.2 Å². The zero-order valence-electron chi connectivity index (χ0n) is 19.8. The molecule has 12 N–H and O–H groups in total. The van der Waals surface area contributed by atoms with Crippen molar-refractivity contribution < 1.29 is 9.59 Å². The Morgan fingerprint density at radius 1 is 0.778 bits per heavy atom. The second-order valence-corrected chi connectivity index (χ2v) is 7.62. The minimum Gasteiger partial charge on any atom is -0.370 e. The van der Waals surface area contributed by atoms with Crippen LogP contribution in [0.1, 0.15) is 25.7 Å². The van der Waals surface area contributed by atoms with E-state index in [1.807, 2.05) is 42.5 Å². The number of anilines is 1. The number of benzene rings is 2. The van der Waals surface area contributed by atoms with Crippen LogP contribution in [0.15, 0.2) is 52.4 Å². The Morgan fingerprint density at radius 2 is 1.33 bits per heavy atom. The van der Waals surface area contributed by atoms with Crippen LogP contribution in [-0.2, 0) is 9.59 Å². The van der Waals surface area contributed by atoms with Crippen LogP contribution in [0.2, 0.25) is 0 Å². The average Bonchev–Trinajstić information content (AvgIpc) is 2.78. The summed E-state index contributed by atoms with van der Waals surface area (Å²) in [5.41, 5.74) is 27.9. The molecular weight excluding hydrogens is 529 g/mol. The number of hydrogen-bond acceptors (Lipinski definition) is 5. The van der Waals surface area contributed by atoms with Crippen molar-refractivity contribution in [3.8, 4) is 0 Å². The van der Waals surface area contributed by atoms with E-state index in [0.29, 0.717) is 44.5 Å². The van der Waals surface area contributed by atoms with Crippen LogP contribution in [0.3, 0.4) is 0 Å². The number of nitrogens with two attached hydrogens (primary N) is 5. The normalized spacial score (nSPS) is 11.4. The van der Waals surface area contributed by atoms with Gasteiger partial charge in [0.2, 0.25) is 11.8 Å². The molecular formula is C22H36Cl3N9O2. The summed E-state index contributed by atoms with van der Waals surface area (Å²) in [5.74, 6) is -0.825. The highest BCUT2D eigenvalue weighted by Crippen LogP contribution is 2.19. The predicted molar refractivity (Wildman–Crippen MR) is 154 cm³/mol. The highest BCUT2D eigenvalue weighted by molar-refractivity contribution is 5.99. The maximum atomic E-state index is 13.0. The molecule has 2 aromatic rings. The first-order chi connectivity index (χ1) is 15.8. The molecule has 36 heavy (non-hydrogen) atoms.